The molecule has 8 nitrogen and oxygen atoms in total. The van der Waals surface area contributed by atoms with Crippen LogP contribution >= 0.6 is 0 Å². The van der Waals surface area contributed by atoms with Gasteiger partial charge in [0.2, 0.25) is 26.0 Å². The third kappa shape index (κ3) is 6.84. The van der Waals surface area contributed by atoms with E-state index in [0.717, 1.165) is 24.0 Å². The molecule has 3 aromatic carbocycles. The molecule has 0 radical (unpaired) electrons. The summed E-state index contributed by atoms with van der Waals surface area (Å²) in [5.74, 6) is -0.478. The number of sulfonamides is 2. The maximum Gasteiger partial charge on any atom is 0.243 e. The molecular formula is C27H31N3O5S2. The summed E-state index contributed by atoms with van der Waals surface area (Å²) in [7, 11) is -7.45. The zero-order valence-electron chi connectivity index (χ0n) is 20.6. The summed E-state index contributed by atoms with van der Waals surface area (Å²) in [6.07, 6.45) is 1.90. The van der Waals surface area contributed by atoms with Crippen LogP contribution in [0.25, 0.3) is 0 Å². The lowest BCUT2D eigenvalue weighted by atomic mass is 10.1. The van der Waals surface area contributed by atoms with Gasteiger partial charge in [-0.25, -0.2) is 16.8 Å². The Morgan fingerprint density at radius 2 is 1.41 bits per heavy atom. The Hall–Kier alpha value is -3.05. The van der Waals surface area contributed by atoms with Crippen LogP contribution in [0.5, 0.6) is 0 Å². The van der Waals surface area contributed by atoms with E-state index in [1.807, 2.05) is 37.3 Å². The first-order valence-corrected chi connectivity index (χ1v) is 15.1. The van der Waals surface area contributed by atoms with E-state index in [1.54, 1.807) is 24.3 Å². The van der Waals surface area contributed by atoms with Crippen molar-refractivity contribution in [2.24, 2.45) is 0 Å². The van der Waals surface area contributed by atoms with Gasteiger partial charge in [-0.2, -0.15) is 9.03 Å². The van der Waals surface area contributed by atoms with Gasteiger partial charge in [0.05, 0.1) is 9.79 Å². The molecule has 196 valence electrons. The zero-order chi connectivity index (χ0) is 26.5. The third-order valence-electron chi connectivity index (χ3n) is 6.32. The number of carbonyl (C=O) groups is 1. The Morgan fingerprint density at radius 3 is 2.03 bits per heavy atom. The number of nitrogens with zero attached hydrogens (tertiary/aromatic N) is 1. The summed E-state index contributed by atoms with van der Waals surface area (Å²) in [6, 6.07) is 21.0. The average Bonchev–Trinajstić information content (AvgIpc) is 3.44. The number of rotatable bonds is 10. The number of hydrogen-bond donors (Lipinski definition) is 2. The largest absolute Gasteiger partial charge is 0.351 e. The van der Waals surface area contributed by atoms with E-state index in [0.29, 0.717) is 18.7 Å². The molecule has 0 spiro atoms. The fourth-order valence-corrected chi connectivity index (χ4v) is 6.89. The number of benzene rings is 3. The van der Waals surface area contributed by atoms with Crippen LogP contribution in [0, 0.1) is 6.92 Å². The Bertz CT molecular complexity index is 1420. The lowest BCUT2D eigenvalue weighted by molar-refractivity contribution is -0.122. The normalized spacial score (nSPS) is 15.4. The molecule has 10 heteroatoms. The second-order valence-electron chi connectivity index (χ2n) is 9.15. The van der Waals surface area contributed by atoms with Gasteiger partial charge in [-0.05, 0) is 61.6 Å². The molecule has 4 rings (SSSR count). The van der Waals surface area contributed by atoms with Crippen LogP contribution in [0.2, 0.25) is 0 Å². The van der Waals surface area contributed by atoms with Gasteiger partial charge in [-0.15, -0.1) is 0 Å². The van der Waals surface area contributed by atoms with Crippen molar-refractivity contribution >= 4 is 26.0 Å². The van der Waals surface area contributed by atoms with Gasteiger partial charge in [-0.1, -0.05) is 60.2 Å². The van der Waals surface area contributed by atoms with Gasteiger partial charge in [0.15, 0.2) is 0 Å². The Balaban J connectivity index is 1.46. The Labute approximate surface area is 218 Å². The predicted octanol–water partition coefficient (Wildman–Crippen LogP) is 2.99. The van der Waals surface area contributed by atoms with E-state index in [1.165, 1.54) is 28.6 Å². The van der Waals surface area contributed by atoms with Gasteiger partial charge in [0.1, 0.15) is 6.04 Å². The van der Waals surface area contributed by atoms with Crippen LogP contribution in [-0.2, 0) is 37.8 Å². The third-order valence-corrected chi connectivity index (χ3v) is 9.72. The lowest BCUT2D eigenvalue weighted by Gasteiger charge is -2.19. The van der Waals surface area contributed by atoms with E-state index in [-0.39, 0.29) is 22.8 Å². The van der Waals surface area contributed by atoms with E-state index in [2.05, 4.69) is 10.0 Å². The van der Waals surface area contributed by atoms with Gasteiger partial charge in [0, 0.05) is 19.6 Å². The maximum atomic E-state index is 13.1. The molecular weight excluding hydrogens is 510 g/mol. The maximum absolute atomic E-state index is 13.1. The van der Waals surface area contributed by atoms with Crippen molar-refractivity contribution in [1.82, 2.24) is 14.3 Å². The SMILES string of the molecule is Cc1ccc(S(=O)(=O)N[C@H](Cc2ccccc2)C(=O)NCc2ccc(S(=O)(=O)N3CCCC3)cc2)cc1. The van der Waals surface area contributed by atoms with Crippen LogP contribution in [0.15, 0.2) is 88.7 Å². The zero-order valence-corrected chi connectivity index (χ0v) is 22.3. The topological polar surface area (TPSA) is 113 Å². The van der Waals surface area contributed by atoms with Crippen LogP contribution in [0.4, 0.5) is 0 Å². The van der Waals surface area contributed by atoms with Crippen LogP contribution < -0.4 is 10.0 Å². The molecule has 1 saturated heterocycles. The standard InChI is InChI=1S/C27H31N3O5S2/c1-21-9-13-24(14-10-21)36(32,33)29-26(19-22-7-3-2-4-8-22)27(31)28-20-23-11-15-25(16-12-23)37(34,35)30-17-5-6-18-30/h2-4,7-16,26,29H,5-6,17-20H2,1H3,(H,28,31)/t26-/m1/s1. The minimum atomic E-state index is -3.94. The molecule has 0 saturated carbocycles. The summed E-state index contributed by atoms with van der Waals surface area (Å²) in [6.45, 7) is 3.05. The van der Waals surface area contributed by atoms with Gasteiger partial charge >= 0.3 is 0 Å². The molecule has 1 aliphatic heterocycles. The molecule has 1 fully saturated rings. The van der Waals surface area contributed by atoms with E-state index >= 15 is 0 Å². The summed E-state index contributed by atoms with van der Waals surface area (Å²) in [5.41, 5.74) is 2.44. The van der Waals surface area contributed by atoms with Crippen molar-refractivity contribution in [2.45, 2.75) is 48.6 Å². The first-order valence-electron chi connectivity index (χ1n) is 12.1. The van der Waals surface area contributed by atoms with Crippen LogP contribution in [-0.4, -0.2) is 46.2 Å². The molecule has 2 N–H and O–H groups in total. The molecule has 1 aliphatic rings. The number of nitrogens with one attached hydrogen (secondary N) is 2. The molecule has 1 atom stereocenters. The molecule has 0 unspecified atom stereocenters. The lowest BCUT2D eigenvalue weighted by Crippen LogP contribution is -2.47. The van der Waals surface area contributed by atoms with Crippen LogP contribution in [0.3, 0.4) is 0 Å². The second-order valence-corrected chi connectivity index (χ2v) is 12.8. The highest BCUT2D eigenvalue weighted by molar-refractivity contribution is 7.89. The van der Waals surface area contributed by atoms with Gasteiger partial charge < -0.3 is 5.32 Å². The van der Waals surface area contributed by atoms with Crippen molar-refractivity contribution in [1.29, 1.82) is 0 Å². The van der Waals surface area contributed by atoms with E-state index in [9.17, 15) is 21.6 Å². The highest BCUT2D eigenvalue weighted by atomic mass is 32.2. The first-order chi connectivity index (χ1) is 17.6. The molecule has 1 amide bonds. The summed E-state index contributed by atoms with van der Waals surface area (Å²) < 4.78 is 55.5. The molecule has 37 heavy (non-hydrogen) atoms. The number of hydrogen-bond acceptors (Lipinski definition) is 5. The number of aryl methyl sites for hydroxylation is 1. The molecule has 0 aromatic heterocycles. The smallest absolute Gasteiger partial charge is 0.243 e. The summed E-state index contributed by atoms with van der Waals surface area (Å²) >= 11 is 0. The van der Waals surface area contributed by atoms with Crippen molar-refractivity contribution in [2.75, 3.05) is 13.1 Å². The van der Waals surface area contributed by atoms with Crippen LogP contribution in [0.1, 0.15) is 29.5 Å². The van der Waals surface area contributed by atoms with Gasteiger partial charge in [-0.3, -0.25) is 4.79 Å². The summed E-state index contributed by atoms with van der Waals surface area (Å²) in [5, 5.41) is 2.79. The fourth-order valence-electron chi connectivity index (χ4n) is 4.18. The van der Waals surface area contributed by atoms with Crippen molar-refractivity contribution in [3.63, 3.8) is 0 Å². The molecule has 1 heterocycles. The minimum Gasteiger partial charge on any atom is -0.351 e. The van der Waals surface area contributed by atoms with E-state index < -0.39 is 32.0 Å². The van der Waals surface area contributed by atoms with Crippen molar-refractivity contribution in [3.8, 4) is 0 Å². The number of amides is 1. The monoisotopic (exact) mass is 541 g/mol. The summed E-state index contributed by atoms with van der Waals surface area (Å²) in [4.78, 5) is 13.4. The van der Waals surface area contributed by atoms with Gasteiger partial charge in [0.25, 0.3) is 0 Å². The Morgan fingerprint density at radius 1 is 0.811 bits per heavy atom. The molecule has 3 aromatic rings. The Kier molecular flexibility index (Phi) is 8.43. The minimum absolute atomic E-state index is 0.0822. The fraction of sp³-hybridized carbons (Fsp3) is 0.296. The van der Waals surface area contributed by atoms with Crippen molar-refractivity contribution in [3.05, 3.63) is 95.6 Å². The second kappa shape index (κ2) is 11.6. The first kappa shape index (κ1) is 27.0. The quantitative estimate of drug-likeness (QED) is 0.410. The highest BCUT2D eigenvalue weighted by Gasteiger charge is 2.28. The van der Waals surface area contributed by atoms with E-state index in [4.69, 9.17) is 0 Å². The number of carbonyl (C=O) groups excluding carboxylic acids is 1. The molecule has 0 aliphatic carbocycles. The predicted molar refractivity (Wildman–Crippen MR) is 142 cm³/mol. The highest BCUT2D eigenvalue weighted by Crippen LogP contribution is 2.21. The average molecular weight is 542 g/mol. The van der Waals surface area contributed by atoms with Crippen molar-refractivity contribution < 1.29 is 21.6 Å². The molecule has 0 bridgehead atoms.